The maximum Gasteiger partial charge on any atom is 0.163 e. The van der Waals surface area contributed by atoms with Crippen molar-refractivity contribution in [3.63, 3.8) is 0 Å². The van der Waals surface area contributed by atoms with Gasteiger partial charge in [0, 0.05) is 13.6 Å². The monoisotopic (exact) mass is 263 g/mol. The summed E-state index contributed by atoms with van der Waals surface area (Å²) in [5, 5.41) is 9.45. The van der Waals surface area contributed by atoms with E-state index in [0.29, 0.717) is 23.1 Å². The standard InChI is InChI=1S/C13H14ClN3O/c1-9(18)10-3-4-11(14)16-12(10)17(2)8-13(7-15)5-6-13/h3-4H,5-6,8H2,1-2H3. The molecule has 1 saturated carbocycles. The maximum absolute atomic E-state index is 11.6. The molecule has 1 aliphatic carbocycles. The van der Waals surface area contributed by atoms with E-state index in [2.05, 4.69) is 11.1 Å². The lowest BCUT2D eigenvalue weighted by Crippen LogP contribution is -2.28. The van der Waals surface area contributed by atoms with E-state index in [1.165, 1.54) is 6.92 Å². The zero-order valence-corrected chi connectivity index (χ0v) is 11.2. The largest absolute Gasteiger partial charge is 0.357 e. The van der Waals surface area contributed by atoms with Gasteiger partial charge in [-0.15, -0.1) is 0 Å². The first kappa shape index (κ1) is 12.8. The summed E-state index contributed by atoms with van der Waals surface area (Å²) in [4.78, 5) is 17.6. The van der Waals surface area contributed by atoms with Crippen molar-refractivity contribution in [3.05, 3.63) is 22.8 Å². The minimum atomic E-state index is -0.271. The second-order valence-electron chi connectivity index (χ2n) is 4.81. The van der Waals surface area contributed by atoms with Gasteiger partial charge in [0.25, 0.3) is 0 Å². The number of ketones is 1. The molecule has 0 aromatic carbocycles. The van der Waals surface area contributed by atoms with Crippen molar-refractivity contribution in [2.45, 2.75) is 19.8 Å². The Morgan fingerprint density at radius 2 is 2.28 bits per heavy atom. The van der Waals surface area contributed by atoms with Crippen molar-refractivity contribution in [2.75, 3.05) is 18.5 Å². The summed E-state index contributed by atoms with van der Waals surface area (Å²) in [6.07, 6.45) is 1.81. The zero-order chi connectivity index (χ0) is 13.3. The van der Waals surface area contributed by atoms with E-state index < -0.39 is 0 Å². The van der Waals surface area contributed by atoms with Crippen LogP contribution in [-0.2, 0) is 0 Å². The van der Waals surface area contributed by atoms with E-state index in [4.69, 9.17) is 16.9 Å². The average Bonchev–Trinajstić information content (AvgIpc) is 3.09. The molecule has 0 radical (unpaired) electrons. The molecule has 1 aliphatic rings. The van der Waals surface area contributed by atoms with E-state index >= 15 is 0 Å². The Morgan fingerprint density at radius 1 is 1.61 bits per heavy atom. The maximum atomic E-state index is 11.6. The number of halogens is 1. The van der Waals surface area contributed by atoms with Crippen molar-refractivity contribution in [2.24, 2.45) is 5.41 Å². The van der Waals surface area contributed by atoms with Crippen LogP contribution in [0.5, 0.6) is 0 Å². The molecule has 2 rings (SSSR count). The molecule has 1 fully saturated rings. The number of carbonyl (C=O) groups excluding carboxylic acids is 1. The molecule has 0 bridgehead atoms. The number of aromatic nitrogens is 1. The van der Waals surface area contributed by atoms with Crippen LogP contribution < -0.4 is 4.90 Å². The Hall–Kier alpha value is -1.60. The third-order valence-electron chi connectivity index (χ3n) is 3.21. The normalized spacial score (nSPS) is 15.9. The molecule has 18 heavy (non-hydrogen) atoms. The SMILES string of the molecule is CC(=O)c1ccc(Cl)nc1N(C)CC1(C#N)CC1. The van der Waals surface area contributed by atoms with Crippen LogP contribution in [0.3, 0.4) is 0 Å². The van der Waals surface area contributed by atoms with Gasteiger partial charge in [0.1, 0.15) is 11.0 Å². The minimum Gasteiger partial charge on any atom is -0.357 e. The van der Waals surface area contributed by atoms with E-state index in [0.717, 1.165) is 12.8 Å². The number of anilines is 1. The number of pyridine rings is 1. The van der Waals surface area contributed by atoms with Gasteiger partial charge in [0.2, 0.25) is 0 Å². The molecule has 4 nitrogen and oxygen atoms in total. The van der Waals surface area contributed by atoms with Crippen LogP contribution in [0, 0.1) is 16.7 Å². The van der Waals surface area contributed by atoms with Crippen molar-refractivity contribution < 1.29 is 4.79 Å². The fraction of sp³-hybridized carbons (Fsp3) is 0.462. The number of carbonyl (C=O) groups is 1. The van der Waals surface area contributed by atoms with E-state index in [1.54, 1.807) is 12.1 Å². The molecular weight excluding hydrogens is 250 g/mol. The van der Waals surface area contributed by atoms with Crippen molar-refractivity contribution in [1.82, 2.24) is 4.98 Å². The van der Waals surface area contributed by atoms with E-state index in [1.807, 2.05) is 11.9 Å². The van der Waals surface area contributed by atoms with Gasteiger partial charge in [0.15, 0.2) is 5.78 Å². The fourth-order valence-corrected chi connectivity index (χ4v) is 2.12. The van der Waals surface area contributed by atoms with Gasteiger partial charge in [-0.3, -0.25) is 4.79 Å². The third-order valence-corrected chi connectivity index (χ3v) is 3.42. The third kappa shape index (κ3) is 2.46. The quantitative estimate of drug-likeness (QED) is 0.619. The van der Waals surface area contributed by atoms with Gasteiger partial charge >= 0.3 is 0 Å². The molecule has 0 atom stereocenters. The molecule has 1 aromatic heterocycles. The van der Waals surface area contributed by atoms with Gasteiger partial charge in [-0.1, -0.05) is 11.6 Å². The van der Waals surface area contributed by atoms with Gasteiger partial charge in [-0.25, -0.2) is 4.98 Å². The summed E-state index contributed by atoms with van der Waals surface area (Å²) in [7, 11) is 1.84. The summed E-state index contributed by atoms with van der Waals surface area (Å²) in [5.41, 5.74) is 0.267. The number of Topliss-reactive ketones (excluding diaryl/α,β-unsaturated/α-hetero) is 1. The lowest BCUT2D eigenvalue weighted by molar-refractivity contribution is 0.101. The van der Waals surface area contributed by atoms with Crippen molar-refractivity contribution in [3.8, 4) is 6.07 Å². The predicted octanol–water partition coefficient (Wildman–Crippen LogP) is 2.68. The minimum absolute atomic E-state index is 0.0529. The van der Waals surface area contributed by atoms with Gasteiger partial charge in [0.05, 0.1) is 17.0 Å². The number of nitriles is 1. The first-order valence-corrected chi connectivity index (χ1v) is 6.15. The first-order chi connectivity index (χ1) is 8.47. The van der Waals surface area contributed by atoms with Crippen molar-refractivity contribution >= 4 is 23.2 Å². The van der Waals surface area contributed by atoms with Crippen LogP contribution in [0.1, 0.15) is 30.1 Å². The fourth-order valence-electron chi connectivity index (χ4n) is 1.98. The molecule has 0 N–H and O–H groups in total. The van der Waals surface area contributed by atoms with Gasteiger partial charge in [-0.05, 0) is 31.9 Å². The molecule has 0 amide bonds. The number of hydrogen-bond donors (Lipinski definition) is 0. The Kier molecular flexibility index (Phi) is 3.27. The molecular formula is C13H14ClN3O. The molecule has 94 valence electrons. The summed E-state index contributed by atoms with van der Waals surface area (Å²) in [5.74, 6) is 0.499. The Balaban J connectivity index is 2.29. The molecule has 1 aromatic rings. The second-order valence-corrected chi connectivity index (χ2v) is 5.20. The van der Waals surface area contributed by atoms with Gasteiger partial charge in [-0.2, -0.15) is 5.26 Å². The van der Waals surface area contributed by atoms with Crippen LogP contribution >= 0.6 is 11.6 Å². The summed E-state index contributed by atoms with van der Waals surface area (Å²) < 4.78 is 0. The smallest absolute Gasteiger partial charge is 0.163 e. The molecule has 0 spiro atoms. The van der Waals surface area contributed by atoms with Crippen LogP contribution in [-0.4, -0.2) is 24.4 Å². The highest BCUT2D eigenvalue weighted by atomic mass is 35.5. The lowest BCUT2D eigenvalue weighted by atomic mass is 10.1. The molecule has 0 unspecified atom stereocenters. The predicted molar refractivity (Wildman–Crippen MR) is 69.8 cm³/mol. The van der Waals surface area contributed by atoms with Gasteiger partial charge < -0.3 is 4.90 Å². The van der Waals surface area contributed by atoms with Crippen LogP contribution in [0.15, 0.2) is 12.1 Å². The number of rotatable bonds is 4. The van der Waals surface area contributed by atoms with E-state index in [9.17, 15) is 4.79 Å². The molecule has 0 aliphatic heterocycles. The van der Waals surface area contributed by atoms with Crippen LogP contribution in [0.25, 0.3) is 0 Å². The molecule has 5 heteroatoms. The second kappa shape index (κ2) is 4.58. The summed E-state index contributed by atoms with van der Waals surface area (Å²) >= 11 is 5.87. The van der Waals surface area contributed by atoms with Crippen LogP contribution in [0.2, 0.25) is 5.15 Å². The summed E-state index contributed by atoms with van der Waals surface area (Å²) in [6, 6.07) is 5.61. The highest BCUT2D eigenvalue weighted by Crippen LogP contribution is 2.45. The Morgan fingerprint density at radius 3 is 2.78 bits per heavy atom. The van der Waals surface area contributed by atoms with Crippen molar-refractivity contribution in [1.29, 1.82) is 5.26 Å². The highest BCUT2D eigenvalue weighted by molar-refractivity contribution is 6.29. The Bertz CT molecular complexity index is 532. The zero-order valence-electron chi connectivity index (χ0n) is 10.4. The molecule has 1 heterocycles. The summed E-state index contributed by atoms with van der Waals surface area (Å²) in [6.45, 7) is 2.08. The first-order valence-electron chi connectivity index (χ1n) is 5.77. The Labute approximate surface area is 111 Å². The highest BCUT2D eigenvalue weighted by Gasteiger charge is 2.44. The lowest BCUT2D eigenvalue weighted by Gasteiger charge is -2.22. The number of hydrogen-bond acceptors (Lipinski definition) is 4. The molecule has 0 saturated heterocycles. The van der Waals surface area contributed by atoms with Crippen LogP contribution in [0.4, 0.5) is 5.82 Å². The topological polar surface area (TPSA) is 57.0 Å². The average molecular weight is 264 g/mol. The van der Waals surface area contributed by atoms with E-state index in [-0.39, 0.29) is 11.2 Å². The number of nitrogens with zero attached hydrogens (tertiary/aromatic N) is 3.